The SMILES string of the molecule is CC(C)CC(CNC(=O)Cn1c2ccccc2c(=O)c2ccccc21)C(=O)O. The van der Waals surface area contributed by atoms with Gasteiger partial charge in [-0.2, -0.15) is 0 Å². The lowest BCUT2D eigenvalue weighted by atomic mass is 9.97. The van der Waals surface area contributed by atoms with Crippen LogP contribution in [0.15, 0.2) is 53.3 Å². The second-order valence-electron chi connectivity index (χ2n) is 7.42. The van der Waals surface area contributed by atoms with E-state index in [1.165, 1.54) is 0 Å². The number of hydrogen-bond donors (Lipinski definition) is 2. The molecule has 0 aliphatic heterocycles. The van der Waals surface area contributed by atoms with Gasteiger partial charge in [0.25, 0.3) is 0 Å². The minimum absolute atomic E-state index is 0.00925. The molecule has 0 spiro atoms. The monoisotopic (exact) mass is 380 g/mol. The molecule has 0 fully saturated rings. The minimum Gasteiger partial charge on any atom is -0.481 e. The van der Waals surface area contributed by atoms with Crippen LogP contribution in [0.25, 0.3) is 21.8 Å². The molecule has 0 saturated carbocycles. The van der Waals surface area contributed by atoms with E-state index in [-0.39, 0.29) is 30.3 Å². The average Bonchev–Trinajstić information content (AvgIpc) is 2.68. The molecule has 6 heteroatoms. The fourth-order valence-electron chi connectivity index (χ4n) is 3.52. The van der Waals surface area contributed by atoms with Gasteiger partial charge in [-0.15, -0.1) is 0 Å². The highest BCUT2D eigenvalue weighted by atomic mass is 16.4. The van der Waals surface area contributed by atoms with Crippen LogP contribution in [0.3, 0.4) is 0 Å². The third-order valence-corrected chi connectivity index (χ3v) is 4.83. The number of para-hydroxylation sites is 2. The van der Waals surface area contributed by atoms with E-state index >= 15 is 0 Å². The number of pyridine rings is 1. The minimum atomic E-state index is -0.909. The largest absolute Gasteiger partial charge is 0.481 e. The summed E-state index contributed by atoms with van der Waals surface area (Å²) in [4.78, 5) is 36.7. The van der Waals surface area contributed by atoms with Crippen molar-refractivity contribution in [2.75, 3.05) is 6.54 Å². The Bertz CT molecular complexity index is 1020. The van der Waals surface area contributed by atoms with Crippen LogP contribution in [0.1, 0.15) is 20.3 Å². The van der Waals surface area contributed by atoms with Crippen LogP contribution >= 0.6 is 0 Å². The maximum atomic E-state index is 12.7. The molecule has 1 heterocycles. The normalized spacial score (nSPS) is 12.4. The van der Waals surface area contributed by atoms with Crippen LogP contribution in [0.2, 0.25) is 0 Å². The van der Waals surface area contributed by atoms with E-state index in [9.17, 15) is 19.5 Å². The molecule has 1 amide bonds. The molecule has 1 atom stereocenters. The number of carbonyl (C=O) groups excluding carboxylic acids is 1. The number of carboxylic acid groups (broad SMARTS) is 1. The lowest BCUT2D eigenvalue weighted by molar-refractivity contribution is -0.142. The first-order valence-electron chi connectivity index (χ1n) is 9.38. The molecule has 6 nitrogen and oxygen atoms in total. The number of carboxylic acids is 1. The van der Waals surface area contributed by atoms with Gasteiger partial charge in [0, 0.05) is 17.3 Å². The van der Waals surface area contributed by atoms with Gasteiger partial charge in [-0.25, -0.2) is 0 Å². The van der Waals surface area contributed by atoms with Gasteiger partial charge >= 0.3 is 5.97 Å². The molecule has 3 aromatic rings. The summed E-state index contributed by atoms with van der Waals surface area (Å²) in [6.45, 7) is 4.00. The molecule has 0 radical (unpaired) electrons. The van der Waals surface area contributed by atoms with Crippen molar-refractivity contribution in [3.63, 3.8) is 0 Å². The summed E-state index contributed by atoms with van der Waals surface area (Å²) in [7, 11) is 0. The van der Waals surface area contributed by atoms with E-state index in [1.807, 2.05) is 38.1 Å². The van der Waals surface area contributed by atoms with E-state index in [1.54, 1.807) is 28.8 Å². The molecule has 1 unspecified atom stereocenters. The van der Waals surface area contributed by atoms with Crippen molar-refractivity contribution in [3.05, 3.63) is 58.8 Å². The van der Waals surface area contributed by atoms with Crippen molar-refractivity contribution in [1.29, 1.82) is 0 Å². The summed E-state index contributed by atoms with van der Waals surface area (Å²) in [6.07, 6.45) is 0.500. The van der Waals surface area contributed by atoms with Crippen molar-refractivity contribution in [1.82, 2.24) is 9.88 Å². The number of hydrogen-bond acceptors (Lipinski definition) is 3. The third-order valence-electron chi connectivity index (χ3n) is 4.83. The van der Waals surface area contributed by atoms with Crippen molar-refractivity contribution in [2.45, 2.75) is 26.8 Å². The highest BCUT2D eigenvalue weighted by Crippen LogP contribution is 2.19. The van der Waals surface area contributed by atoms with Crippen molar-refractivity contribution >= 4 is 33.7 Å². The molecule has 0 aliphatic carbocycles. The zero-order chi connectivity index (χ0) is 20.3. The standard InChI is InChI=1S/C22H24N2O4/c1-14(2)11-15(22(27)28)12-23-20(25)13-24-18-9-5-3-7-16(18)21(26)17-8-4-6-10-19(17)24/h3-10,14-15H,11-13H2,1-2H3,(H,23,25)(H,27,28). The number of aromatic nitrogens is 1. The number of amides is 1. The number of carbonyl (C=O) groups is 2. The maximum absolute atomic E-state index is 12.7. The first-order valence-corrected chi connectivity index (χ1v) is 9.38. The van der Waals surface area contributed by atoms with Gasteiger partial charge in [0.15, 0.2) is 5.43 Å². The Morgan fingerprint density at radius 1 is 1.00 bits per heavy atom. The molecule has 0 saturated heterocycles. The number of aliphatic carboxylic acids is 1. The Morgan fingerprint density at radius 2 is 1.54 bits per heavy atom. The summed E-state index contributed by atoms with van der Waals surface area (Å²) in [5, 5.41) is 13.2. The van der Waals surface area contributed by atoms with Crippen LogP contribution in [-0.4, -0.2) is 28.1 Å². The Balaban J connectivity index is 1.91. The molecule has 1 aromatic heterocycles. The quantitative estimate of drug-likeness (QED) is 0.617. The first kappa shape index (κ1) is 19.6. The predicted molar refractivity (Wildman–Crippen MR) is 109 cm³/mol. The topological polar surface area (TPSA) is 88.4 Å². The van der Waals surface area contributed by atoms with Crippen LogP contribution in [0, 0.1) is 11.8 Å². The van der Waals surface area contributed by atoms with Gasteiger partial charge in [-0.1, -0.05) is 38.1 Å². The summed E-state index contributed by atoms with van der Waals surface area (Å²) < 4.78 is 1.81. The van der Waals surface area contributed by atoms with Crippen LogP contribution in [0.4, 0.5) is 0 Å². The number of benzene rings is 2. The highest BCUT2D eigenvalue weighted by molar-refractivity contribution is 5.94. The van der Waals surface area contributed by atoms with E-state index in [2.05, 4.69) is 5.32 Å². The van der Waals surface area contributed by atoms with Crippen molar-refractivity contribution in [3.8, 4) is 0 Å². The fraction of sp³-hybridized carbons (Fsp3) is 0.318. The summed E-state index contributed by atoms with van der Waals surface area (Å²) in [5.41, 5.74) is 1.29. The van der Waals surface area contributed by atoms with Crippen LogP contribution in [0.5, 0.6) is 0 Å². The van der Waals surface area contributed by atoms with Crippen LogP contribution < -0.4 is 10.7 Å². The van der Waals surface area contributed by atoms with Gasteiger partial charge in [-0.05, 0) is 36.6 Å². The van der Waals surface area contributed by atoms with E-state index in [0.29, 0.717) is 28.2 Å². The Morgan fingerprint density at radius 3 is 2.04 bits per heavy atom. The molecule has 28 heavy (non-hydrogen) atoms. The number of fused-ring (bicyclic) bond motifs is 2. The lowest BCUT2D eigenvalue weighted by Crippen LogP contribution is -2.35. The smallest absolute Gasteiger partial charge is 0.308 e. The Hall–Kier alpha value is -3.15. The molecule has 3 rings (SSSR count). The summed E-state index contributed by atoms with van der Waals surface area (Å²) >= 11 is 0. The molecule has 2 N–H and O–H groups in total. The molecule has 0 bridgehead atoms. The molecule has 0 aliphatic rings. The van der Waals surface area contributed by atoms with Crippen molar-refractivity contribution in [2.24, 2.45) is 11.8 Å². The third kappa shape index (κ3) is 4.06. The molecular formula is C22H24N2O4. The number of nitrogens with one attached hydrogen (secondary N) is 1. The summed E-state index contributed by atoms with van der Waals surface area (Å²) in [6, 6.07) is 14.4. The zero-order valence-electron chi connectivity index (χ0n) is 16.0. The van der Waals surface area contributed by atoms with Gasteiger partial charge in [-0.3, -0.25) is 14.4 Å². The molecule has 146 valence electrons. The average molecular weight is 380 g/mol. The van der Waals surface area contributed by atoms with Gasteiger partial charge in [0.2, 0.25) is 5.91 Å². The van der Waals surface area contributed by atoms with Gasteiger partial charge in [0.1, 0.15) is 6.54 Å². The second kappa shape index (κ2) is 8.25. The lowest BCUT2D eigenvalue weighted by Gasteiger charge is -2.17. The van der Waals surface area contributed by atoms with E-state index < -0.39 is 11.9 Å². The zero-order valence-corrected chi connectivity index (χ0v) is 16.0. The number of nitrogens with zero attached hydrogens (tertiary/aromatic N) is 1. The summed E-state index contributed by atoms with van der Waals surface area (Å²) in [5.74, 6) is -1.58. The predicted octanol–water partition coefficient (Wildman–Crippen LogP) is 3.02. The van der Waals surface area contributed by atoms with Crippen molar-refractivity contribution < 1.29 is 14.7 Å². The second-order valence-corrected chi connectivity index (χ2v) is 7.42. The first-order chi connectivity index (χ1) is 13.4. The van der Waals surface area contributed by atoms with Gasteiger partial charge in [0.05, 0.1) is 17.0 Å². The Kier molecular flexibility index (Phi) is 5.78. The van der Waals surface area contributed by atoms with E-state index in [4.69, 9.17) is 0 Å². The Labute approximate surface area is 162 Å². The van der Waals surface area contributed by atoms with Gasteiger partial charge < -0.3 is 15.0 Å². The molecule has 2 aromatic carbocycles. The molecular weight excluding hydrogens is 356 g/mol. The van der Waals surface area contributed by atoms with E-state index in [0.717, 1.165) is 0 Å². The maximum Gasteiger partial charge on any atom is 0.308 e. The number of rotatable bonds is 7. The van der Waals surface area contributed by atoms with Crippen LogP contribution in [-0.2, 0) is 16.1 Å². The fourth-order valence-corrected chi connectivity index (χ4v) is 3.52. The highest BCUT2D eigenvalue weighted by Gasteiger charge is 2.20.